The number of benzene rings is 1. The summed E-state index contributed by atoms with van der Waals surface area (Å²) in [6.07, 6.45) is 0.755. The molecule has 1 aliphatic rings. The zero-order valence-electron chi connectivity index (χ0n) is 12.0. The Kier molecular flexibility index (Phi) is 4.66. The SMILES string of the molecule is OC(CN1CCN(c2nccs2)CC1)c1cc(F)ccc1F. The lowest BCUT2D eigenvalue weighted by atomic mass is 10.1. The van der Waals surface area contributed by atoms with Gasteiger partial charge in [-0.25, -0.2) is 13.8 Å². The monoisotopic (exact) mass is 325 g/mol. The van der Waals surface area contributed by atoms with E-state index in [1.54, 1.807) is 17.5 Å². The molecule has 1 atom stereocenters. The van der Waals surface area contributed by atoms with Crippen molar-refractivity contribution in [2.75, 3.05) is 37.6 Å². The van der Waals surface area contributed by atoms with Gasteiger partial charge in [0.25, 0.3) is 0 Å². The number of aromatic nitrogens is 1. The second-order valence-electron chi connectivity index (χ2n) is 5.28. The zero-order chi connectivity index (χ0) is 15.5. The van der Waals surface area contributed by atoms with E-state index in [1.807, 2.05) is 5.38 Å². The number of hydrogen-bond donors (Lipinski definition) is 1. The molecule has 0 radical (unpaired) electrons. The van der Waals surface area contributed by atoms with Crippen molar-refractivity contribution >= 4 is 16.5 Å². The minimum Gasteiger partial charge on any atom is -0.387 e. The minimum atomic E-state index is -1.03. The molecule has 0 spiro atoms. The van der Waals surface area contributed by atoms with E-state index in [0.717, 1.165) is 49.5 Å². The molecule has 1 aromatic heterocycles. The molecule has 2 heterocycles. The third-order valence-electron chi connectivity index (χ3n) is 3.81. The van der Waals surface area contributed by atoms with E-state index in [9.17, 15) is 13.9 Å². The van der Waals surface area contributed by atoms with Crippen molar-refractivity contribution in [3.8, 4) is 0 Å². The van der Waals surface area contributed by atoms with Crippen LogP contribution in [0.1, 0.15) is 11.7 Å². The van der Waals surface area contributed by atoms with Crippen LogP contribution in [0.5, 0.6) is 0 Å². The summed E-state index contributed by atoms with van der Waals surface area (Å²) in [6, 6.07) is 3.17. The maximum Gasteiger partial charge on any atom is 0.185 e. The number of hydrogen-bond acceptors (Lipinski definition) is 5. The molecule has 1 fully saturated rings. The molecule has 1 saturated heterocycles. The molecule has 0 amide bonds. The van der Waals surface area contributed by atoms with Gasteiger partial charge in [0, 0.05) is 49.9 Å². The molecule has 0 saturated carbocycles. The number of nitrogens with zero attached hydrogens (tertiary/aromatic N) is 3. The smallest absolute Gasteiger partial charge is 0.185 e. The Morgan fingerprint density at radius 2 is 2.00 bits per heavy atom. The molecular weight excluding hydrogens is 308 g/mol. The van der Waals surface area contributed by atoms with Gasteiger partial charge in [0.1, 0.15) is 11.6 Å². The van der Waals surface area contributed by atoms with E-state index < -0.39 is 17.7 Å². The lowest BCUT2D eigenvalue weighted by Crippen LogP contribution is -2.47. The van der Waals surface area contributed by atoms with E-state index >= 15 is 0 Å². The Morgan fingerprint density at radius 3 is 2.68 bits per heavy atom. The third kappa shape index (κ3) is 3.43. The maximum atomic E-state index is 13.7. The third-order valence-corrected chi connectivity index (χ3v) is 4.64. The number of β-amino-alcohol motifs (C(OH)–C–C–N with tert-alkyl or cyclic N) is 1. The highest BCUT2D eigenvalue weighted by molar-refractivity contribution is 7.13. The molecule has 2 aromatic rings. The van der Waals surface area contributed by atoms with Crippen molar-refractivity contribution in [3.05, 3.63) is 47.0 Å². The fourth-order valence-corrected chi connectivity index (χ4v) is 3.30. The van der Waals surface area contributed by atoms with Crippen LogP contribution < -0.4 is 4.90 Å². The second kappa shape index (κ2) is 6.68. The van der Waals surface area contributed by atoms with Crippen molar-refractivity contribution in [1.82, 2.24) is 9.88 Å². The number of thiazole rings is 1. The van der Waals surface area contributed by atoms with Gasteiger partial charge in [-0.1, -0.05) is 0 Å². The predicted octanol–water partition coefficient (Wildman–Crippen LogP) is 2.28. The average molecular weight is 325 g/mol. The van der Waals surface area contributed by atoms with Crippen LogP contribution in [0.15, 0.2) is 29.8 Å². The predicted molar refractivity (Wildman–Crippen MR) is 82.1 cm³/mol. The summed E-state index contributed by atoms with van der Waals surface area (Å²) in [5.74, 6) is -1.11. The van der Waals surface area contributed by atoms with E-state index in [2.05, 4.69) is 14.8 Å². The Balaban J connectivity index is 1.57. The average Bonchev–Trinajstić information content (AvgIpc) is 3.05. The summed E-state index contributed by atoms with van der Waals surface area (Å²) in [5.41, 5.74) is 0.0161. The lowest BCUT2D eigenvalue weighted by Gasteiger charge is -2.35. The number of aliphatic hydroxyl groups excluding tert-OH is 1. The molecule has 1 N–H and O–H groups in total. The largest absolute Gasteiger partial charge is 0.387 e. The second-order valence-corrected chi connectivity index (χ2v) is 6.16. The summed E-state index contributed by atoms with van der Waals surface area (Å²) in [7, 11) is 0. The Bertz CT molecular complexity index is 615. The van der Waals surface area contributed by atoms with Gasteiger partial charge in [-0.2, -0.15) is 0 Å². The van der Waals surface area contributed by atoms with E-state index in [4.69, 9.17) is 0 Å². The fourth-order valence-electron chi connectivity index (χ4n) is 2.61. The van der Waals surface area contributed by atoms with E-state index in [0.29, 0.717) is 6.54 Å². The molecule has 4 nitrogen and oxygen atoms in total. The first kappa shape index (κ1) is 15.3. The van der Waals surface area contributed by atoms with Crippen LogP contribution in [-0.4, -0.2) is 47.7 Å². The van der Waals surface area contributed by atoms with Crippen LogP contribution in [0, 0.1) is 11.6 Å². The lowest BCUT2D eigenvalue weighted by molar-refractivity contribution is 0.106. The molecule has 1 unspecified atom stereocenters. The molecule has 0 bridgehead atoms. The molecule has 3 rings (SSSR count). The van der Waals surface area contributed by atoms with Crippen LogP contribution in [0.2, 0.25) is 0 Å². The summed E-state index contributed by atoms with van der Waals surface area (Å²) in [4.78, 5) is 8.53. The van der Waals surface area contributed by atoms with Crippen molar-refractivity contribution in [3.63, 3.8) is 0 Å². The van der Waals surface area contributed by atoms with Gasteiger partial charge in [-0.05, 0) is 18.2 Å². The summed E-state index contributed by atoms with van der Waals surface area (Å²) in [6.45, 7) is 3.44. The first-order chi connectivity index (χ1) is 10.6. The highest BCUT2D eigenvalue weighted by Gasteiger charge is 2.22. The summed E-state index contributed by atoms with van der Waals surface area (Å²) >= 11 is 1.60. The minimum absolute atomic E-state index is 0.0161. The fraction of sp³-hybridized carbons (Fsp3) is 0.400. The Hall–Kier alpha value is -1.57. The molecule has 7 heteroatoms. The Labute approximate surface area is 131 Å². The highest BCUT2D eigenvalue weighted by Crippen LogP contribution is 2.22. The molecule has 118 valence electrons. The maximum absolute atomic E-state index is 13.7. The molecular formula is C15H17F2N3OS. The van der Waals surface area contributed by atoms with Gasteiger partial charge in [0.2, 0.25) is 0 Å². The van der Waals surface area contributed by atoms with E-state index in [1.165, 1.54) is 0 Å². The van der Waals surface area contributed by atoms with Crippen LogP contribution in [0.25, 0.3) is 0 Å². The van der Waals surface area contributed by atoms with Crippen molar-refractivity contribution in [2.45, 2.75) is 6.10 Å². The van der Waals surface area contributed by atoms with Crippen molar-refractivity contribution < 1.29 is 13.9 Å². The van der Waals surface area contributed by atoms with Gasteiger partial charge in [0.05, 0.1) is 6.10 Å². The standard InChI is InChI=1S/C15H17F2N3OS/c16-11-1-2-13(17)12(9-11)14(21)10-19-4-6-20(7-5-19)15-18-3-8-22-15/h1-3,8-9,14,21H,4-7,10H2. The molecule has 1 aromatic carbocycles. The molecule has 1 aliphatic heterocycles. The summed E-state index contributed by atoms with van der Waals surface area (Å²) in [5, 5.41) is 13.1. The van der Waals surface area contributed by atoms with Gasteiger partial charge < -0.3 is 10.0 Å². The van der Waals surface area contributed by atoms with Crippen molar-refractivity contribution in [1.29, 1.82) is 0 Å². The Morgan fingerprint density at radius 1 is 1.23 bits per heavy atom. The summed E-state index contributed by atoms with van der Waals surface area (Å²) < 4.78 is 26.9. The van der Waals surface area contributed by atoms with Crippen LogP contribution >= 0.6 is 11.3 Å². The van der Waals surface area contributed by atoms with Crippen LogP contribution in [-0.2, 0) is 0 Å². The van der Waals surface area contributed by atoms with Gasteiger partial charge in [0.15, 0.2) is 5.13 Å². The number of halogens is 2. The number of rotatable bonds is 4. The van der Waals surface area contributed by atoms with Gasteiger partial charge in [-0.15, -0.1) is 11.3 Å². The molecule has 22 heavy (non-hydrogen) atoms. The normalized spacial score (nSPS) is 17.7. The molecule has 0 aliphatic carbocycles. The number of aliphatic hydroxyl groups is 1. The van der Waals surface area contributed by atoms with Crippen molar-refractivity contribution in [2.24, 2.45) is 0 Å². The van der Waals surface area contributed by atoms with Gasteiger partial charge >= 0.3 is 0 Å². The van der Waals surface area contributed by atoms with Crippen LogP contribution in [0.3, 0.4) is 0 Å². The topological polar surface area (TPSA) is 39.6 Å². The number of anilines is 1. The first-order valence-electron chi connectivity index (χ1n) is 7.13. The zero-order valence-corrected chi connectivity index (χ0v) is 12.8. The quantitative estimate of drug-likeness (QED) is 0.936. The van der Waals surface area contributed by atoms with Crippen LogP contribution in [0.4, 0.5) is 13.9 Å². The first-order valence-corrected chi connectivity index (χ1v) is 8.01. The highest BCUT2D eigenvalue weighted by atomic mass is 32.1. The number of piperazine rings is 1. The van der Waals surface area contributed by atoms with Gasteiger partial charge in [-0.3, -0.25) is 4.90 Å². The van der Waals surface area contributed by atoms with E-state index in [-0.39, 0.29) is 5.56 Å².